The molecular weight excluding hydrogens is 215 g/mol. The molecule has 1 rings (SSSR count). The van der Waals surface area contributed by atoms with Crippen LogP contribution in [0.15, 0.2) is 36.4 Å². The van der Waals surface area contributed by atoms with Crippen LogP contribution in [0.4, 0.5) is 4.39 Å². The highest BCUT2D eigenvalue weighted by Crippen LogP contribution is 2.31. The van der Waals surface area contributed by atoms with Crippen LogP contribution in [-0.4, -0.2) is 11.7 Å². The third kappa shape index (κ3) is 3.40. The fraction of sp³-hybridized carbons (Fsp3) is 0.467. The standard InChI is InChI=1S/C15H21FO/c1-3-5-11-15(12-17,10-4-2)13-6-8-14(16)9-7-13/h4,6-10,17H,3,5,11-12H2,1-2H3/b10-4+/t15-/m0/s1. The molecule has 0 spiro atoms. The Hall–Kier alpha value is -1.15. The predicted octanol–water partition coefficient (Wildman–Crippen LogP) is 3.82. The predicted molar refractivity (Wildman–Crippen MR) is 69.5 cm³/mol. The summed E-state index contributed by atoms with van der Waals surface area (Å²) in [5.41, 5.74) is 0.617. The number of hydrogen-bond acceptors (Lipinski definition) is 1. The topological polar surface area (TPSA) is 20.2 Å². The van der Waals surface area contributed by atoms with E-state index in [0.717, 1.165) is 24.8 Å². The quantitative estimate of drug-likeness (QED) is 0.744. The lowest BCUT2D eigenvalue weighted by Gasteiger charge is -2.29. The lowest BCUT2D eigenvalue weighted by atomic mass is 9.76. The highest BCUT2D eigenvalue weighted by Gasteiger charge is 2.27. The van der Waals surface area contributed by atoms with Crippen LogP contribution in [0.3, 0.4) is 0 Å². The first-order chi connectivity index (χ1) is 8.18. The molecule has 2 heteroatoms. The molecule has 0 radical (unpaired) electrons. The lowest BCUT2D eigenvalue weighted by molar-refractivity contribution is 0.214. The number of hydrogen-bond donors (Lipinski definition) is 1. The molecule has 1 aromatic rings. The third-order valence-electron chi connectivity index (χ3n) is 3.16. The molecule has 0 fully saturated rings. The van der Waals surface area contributed by atoms with E-state index in [1.807, 2.05) is 19.1 Å². The van der Waals surface area contributed by atoms with E-state index in [0.29, 0.717) is 0 Å². The van der Waals surface area contributed by atoms with Crippen LogP contribution >= 0.6 is 0 Å². The first-order valence-corrected chi connectivity index (χ1v) is 6.19. The summed E-state index contributed by atoms with van der Waals surface area (Å²) >= 11 is 0. The van der Waals surface area contributed by atoms with E-state index in [1.54, 1.807) is 12.1 Å². The van der Waals surface area contributed by atoms with Crippen LogP contribution in [0.25, 0.3) is 0 Å². The zero-order valence-corrected chi connectivity index (χ0v) is 10.6. The molecule has 0 unspecified atom stereocenters. The van der Waals surface area contributed by atoms with E-state index in [1.165, 1.54) is 12.1 Å². The zero-order valence-electron chi connectivity index (χ0n) is 10.6. The van der Waals surface area contributed by atoms with Crippen molar-refractivity contribution in [2.24, 2.45) is 0 Å². The van der Waals surface area contributed by atoms with Crippen molar-refractivity contribution in [2.45, 2.75) is 38.5 Å². The smallest absolute Gasteiger partial charge is 0.123 e. The maximum Gasteiger partial charge on any atom is 0.123 e. The second-order valence-electron chi connectivity index (χ2n) is 4.42. The van der Waals surface area contributed by atoms with Crippen molar-refractivity contribution >= 4 is 0 Å². The Balaban J connectivity index is 3.06. The third-order valence-corrected chi connectivity index (χ3v) is 3.16. The van der Waals surface area contributed by atoms with Gasteiger partial charge in [0.1, 0.15) is 5.82 Å². The molecule has 0 aliphatic rings. The Morgan fingerprint density at radius 2 is 1.94 bits per heavy atom. The maximum absolute atomic E-state index is 12.9. The molecule has 1 N–H and O–H groups in total. The van der Waals surface area contributed by atoms with E-state index in [9.17, 15) is 9.50 Å². The van der Waals surface area contributed by atoms with Gasteiger partial charge in [0, 0.05) is 5.41 Å². The van der Waals surface area contributed by atoms with Crippen LogP contribution in [0.1, 0.15) is 38.7 Å². The van der Waals surface area contributed by atoms with Gasteiger partial charge in [-0.2, -0.15) is 0 Å². The minimum Gasteiger partial charge on any atom is -0.395 e. The first kappa shape index (κ1) is 13.9. The summed E-state index contributed by atoms with van der Waals surface area (Å²) in [6.45, 7) is 4.13. The molecule has 0 aromatic heterocycles. The van der Waals surface area contributed by atoms with E-state index in [-0.39, 0.29) is 17.8 Å². The molecule has 1 aromatic carbocycles. The van der Waals surface area contributed by atoms with Gasteiger partial charge in [-0.3, -0.25) is 0 Å². The minimum atomic E-state index is -0.363. The van der Waals surface area contributed by atoms with Gasteiger partial charge in [-0.25, -0.2) is 4.39 Å². The van der Waals surface area contributed by atoms with Crippen molar-refractivity contribution in [1.82, 2.24) is 0 Å². The largest absolute Gasteiger partial charge is 0.395 e. The van der Waals surface area contributed by atoms with Crippen LogP contribution < -0.4 is 0 Å². The summed E-state index contributed by atoms with van der Waals surface area (Å²) in [7, 11) is 0. The van der Waals surface area contributed by atoms with Crippen LogP contribution in [0.2, 0.25) is 0 Å². The SMILES string of the molecule is C/C=C/[C@@](CO)(CCCC)c1ccc(F)cc1. The van der Waals surface area contributed by atoms with Gasteiger partial charge in [-0.05, 0) is 31.0 Å². The van der Waals surface area contributed by atoms with Crippen LogP contribution in [-0.2, 0) is 5.41 Å². The van der Waals surface area contributed by atoms with Crippen molar-refractivity contribution in [3.8, 4) is 0 Å². The molecule has 17 heavy (non-hydrogen) atoms. The van der Waals surface area contributed by atoms with Crippen molar-refractivity contribution < 1.29 is 9.50 Å². The molecule has 0 amide bonds. The summed E-state index contributed by atoms with van der Waals surface area (Å²) in [4.78, 5) is 0. The molecule has 0 heterocycles. The highest BCUT2D eigenvalue weighted by atomic mass is 19.1. The number of aliphatic hydroxyl groups is 1. The summed E-state index contributed by atoms with van der Waals surface area (Å²) in [6.07, 6.45) is 6.99. The van der Waals surface area contributed by atoms with E-state index >= 15 is 0 Å². The van der Waals surface area contributed by atoms with Crippen molar-refractivity contribution in [2.75, 3.05) is 6.61 Å². The molecule has 0 bridgehead atoms. The number of benzene rings is 1. The number of unbranched alkanes of at least 4 members (excludes halogenated alkanes) is 1. The second-order valence-corrected chi connectivity index (χ2v) is 4.42. The van der Waals surface area contributed by atoms with Gasteiger partial charge in [0.2, 0.25) is 0 Å². The minimum absolute atomic E-state index is 0.0585. The van der Waals surface area contributed by atoms with Gasteiger partial charge in [-0.15, -0.1) is 0 Å². The number of aliphatic hydroxyl groups excluding tert-OH is 1. The van der Waals surface area contributed by atoms with Gasteiger partial charge in [-0.1, -0.05) is 44.1 Å². The highest BCUT2D eigenvalue weighted by molar-refractivity contribution is 5.31. The van der Waals surface area contributed by atoms with Gasteiger partial charge < -0.3 is 5.11 Å². The normalized spacial score (nSPS) is 15.1. The molecular formula is C15H21FO. The monoisotopic (exact) mass is 236 g/mol. The molecule has 1 nitrogen and oxygen atoms in total. The summed E-state index contributed by atoms with van der Waals surface area (Å²) in [5, 5.41) is 9.71. The molecule has 0 aliphatic heterocycles. The van der Waals surface area contributed by atoms with E-state index < -0.39 is 0 Å². The number of halogens is 1. The van der Waals surface area contributed by atoms with Gasteiger partial charge in [0.15, 0.2) is 0 Å². The van der Waals surface area contributed by atoms with Crippen molar-refractivity contribution in [3.05, 3.63) is 47.8 Å². The lowest BCUT2D eigenvalue weighted by Crippen LogP contribution is -2.28. The van der Waals surface area contributed by atoms with Gasteiger partial charge in [0.05, 0.1) is 6.61 Å². The zero-order chi connectivity index (χ0) is 12.7. The van der Waals surface area contributed by atoms with Gasteiger partial charge >= 0.3 is 0 Å². The summed E-state index contributed by atoms with van der Waals surface area (Å²) < 4.78 is 12.9. The molecule has 0 aliphatic carbocycles. The van der Waals surface area contributed by atoms with Gasteiger partial charge in [0.25, 0.3) is 0 Å². The Kier molecular flexibility index (Phi) is 5.36. The Bertz CT molecular complexity index is 356. The average molecular weight is 236 g/mol. The molecule has 1 atom stereocenters. The molecule has 94 valence electrons. The number of allylic oxidation sites excluding steroid dienone is 1. The van der Waals surface area contributed by atoms with Crippen LogP contribution in [0, 0.1) is 5.82 Å². The van der Waals surface area contributed by atoms with Crippen LogP contribution in [0.5, 0.6) is 0 Å². The fourth-order valence-electron chi connectivity index (χ4n) is 2.14. The Morgan fingerprint density at radius 3 is 2.41 bits per heavy atom. The molecule has 0 saturated carbocycles. The second kappa shape index (κ2) is 6.55. The van der Waals surface area contributed by atoms with Crippen molar-refractivity contribution in [3.63, 3.8) is 0 Å². The first-order valence-electron chi connectivity index (χ1n) is 6.19. The van der Waals surface area contributed by atoms with E-state index in [4.69, 9.17) is 0 Å². The summed E-state index contributed by atoms with van der Waals surface area (Å²) in [6, 6.07) is 6.44. The average Bonchev–Trinajstić information content (AvgIpc) is 2.36. The van der Waals surface area contributed by atoms with E-state index in [2.05, 4.69) is 6.92 Å². The summed E-state index contributed by atoms with van der Waals surface area (Å²) in [5.74, 6) is -0.239. The Morgan fingerprint density at radius 1 is 1.29 bits per heavy atom. The fourth-order valence-corrected chi connectivity index (χ4v) is 2.14. The van der Waals surface area contributed by atoms with Crippen molar-refractivity contribution in [1.29, 1.82) is 0 Å². The maximum atomic E-state index is 12.9. The Labute approximate surface area is 103 Å². The number of rotatable bonds is 6. The molecule has 0 saturated heterocycles.